The standard InChI is InChI=1S/C11H14N2O3S/c1-6-5-17-10(12-6)13-9(15)7-4-8(14)16-11(7,2)3/h5,7H,4H2,1-3H3,(H,12,13,15). The van der Waals surface area contributed by atoms with Gasteiger partial charge in [0.15, 0.2) is 5.13 Å². The van der Waals surface area contributed by atoms with E-state index in [1.807, 2.05) is 12.3 Å². The van der Waals surface area contributed by atoms with Gasteiger partial charge >= 0.3 is 5.97 Å². The SMILES string of the molecule is Cc1csc(NC(=O)C2CC(=O)OC2(C)C)n1. The Kier molecular flexibility index (Phi) is 2.91. The van der Waals surface area contributed by atoms with Crippen molar-refractivity contribution >= 4 is 28.3 Å². The molecule has 0 saturated carbocycles. The van der Waals surface area contributed by atoms with Crippen LogP contribution in [0.4, 0.5) is 5.13 Å². The molecule has 0 bridgehead atoms. The summed E-state index contributed by atoms with van der Waals surface area (Å²) in [6, 6.07) is 0. The number of aromatic nitrogens is 1. The molecule has 5 nitrogen and oxygen atoms in total. The number of thiazole rings is 1. The van der Waals surface area contributed by atoms with E-state index in [1.165, 1.54) is 11.3 Å². The van der Waals surface area contributed by atoms with Crippen LogP contribution in [0.5, 0.6) is 0 Å². The molecule has 1 saturated heterocycles. The largest absolute Gasteiger partial charge is 0.459 e. The van der Waals surface area contributed by atoms with Crippen LogP contribution in [0.3, 0.4) is 0 Å². The number of cyclic esters (lactones) is 1. The molecule has 1 aromatic heterocycles. The van der Waals surface area contributed by atoms with Gasteiger partial charge in [0.25, 0.3) is 0 Å². The van der Waals surface area contributed by atoms with Crippen LogP contribution in [0.1, 0.15) is 26.0 Å². The Morgan fingerprint density at radius 3 is 2.82 bits per heavy atom. The summed E-state index contributed by atoms with van der Waals surface area (Å²) in [4.78, 5) is 27.4. The van der Waals surface area contributed by atoms with Crippen molar-refractivity contribution in [3.8, 4) is 0 Å². The lowest BCUT2D eigenvalue weighted by Crippen LogP contribution is -2.36. The predicted molar refractivity (Wildman–Crippen MR) is 63.8 cm³/mol. The summed E-state index contributed by atoms with van der Waals surface area (Å²) in [5.74, 6) is -1.00. The first kappa shape index (κ1) is 12.0. The summed E-state index contributed by atoms with van der Waals surface area (Å²) < 4.78 is 5.11. The van der Waals surface area contributed by atoms with Gasteiger partial charge in [-0.1, -0.05) is 0 Å². The minimum absolute atomic E-state index is 0.128. The molecular weight excluding hydrogens is 240 g/mol. The van der Waals surface area contributed by atoms with Gasteiger partial charge in [0.05, 0.1) is 18.0 Å². The van der Waals surface area contributed by atoms with Crippen molar-refractivity contribution in [3.63, 3.8) is 0 Å². The smallest absolute Gasteiger partial charge is 0.307 e. The monoisotopic (exact) mass is 254 g/mol. The van der Waals surface area contributed by atoms with Crippen molar-refractivity contribution in [3.05, 3.63) is 11.1 Å². The van der Waals surface area contributed by atoms with Crippen molar-refractivity contribution in [2.75, 3.05) is 5.32 Å². The van der Waals surface area contributed by atoms with Crippen LogP contribution in [-0.2, 0) is 14.3 Å². The molecule has 1 aliphatic heterocycles. The normalized spacial score (nSPS) is 22.3. The van der Waals surface area contributed by atoms with Crippen molar-refractivity contribution < 1.29 is 14.3 Å². The van der Waals surface area contributed by atoms with E-state index in [0.717, 1.165) is 5.69 Å². The van der Waals surface area contributed by atoms with E-state index in [1.54, 1.807) is 13.8 Å². The first-order valence-corrected chi connectivity index (χ1v) is 6.21. The second-order valence-electron chi connectivity index (χ2n) is 4.62. The number of aryl methyl sites for hydroxylation is 1. The Hall–Kier alpha value is -1.43. The van der Waals surface area contributed by atoms with E-state index < -0.39 is 11.5 Å². The van der Waals surface area contributed by atoms with Gasteiger partial charge < -0.3 is 10.1 Å². The minimum Gasteiger partial charge on any atom is -0.459 e. The van der Waals surface area contributed by atoms with Crippen LogP contribution < -0.4 is 5.32 Å². The number of nitrogens with one attached hydrogen (secondary N) is 1. The molecule has 0 radical (unpaired) electrons. The van der Waals surface area contributed by atoms with Gasteiger partial charge in [0.1, 0.15) is 5.60 Å². The number of ether oxygens (including phenoxy) is 1. The molecule has 1 aromatic rings. The second kappa shape index (κ2) is 4.10. The Bertz CT molecular complexity index is 467. The number of esters is 1. The Morgan fingerprint density at radius 1 is 1.65 bits per heavy atom. The Morgan fingerprint density at radius 2 is 2.35 bits per heavy atom. The number of hydrogen-bond donors (Lipinski definition) is 1. The summed E-state index contributed by atoms with van der Waals surface area (Å²) in [6.07, 6.45) is 0.128. The van der Waals surface area contributed by atoms with Crippen LogP contribution >= 0.6 is 11.3 Å². The maximum absolute atomic E-state index is 12.0. The lowest BCUT2D eigenvalue weighted by Gasteiger charge is -2.23. The molecule has 1 fully saturated rings. The highest BCUT2D eigenvalue weighted by Crippen LogP contribution is 2.33. The molecule has 1 atom stereocenters. The summed E-state index contributed by atoms with van der Waals surface area (Å²) in [5, 5.41) is 5.13. The average Bonchev–Trinajstić information content (AvgIpc) is 2.69. The molecule has 1 aliphatic rings. The molecular formula is C11H14N2O3S. The first-order chi connectivity index (χ1) is 7.88. The van der Waals surface area contributed by atoms with Crippen LogP contribution in [0.15, 0.2) is 5.38 Å². The molecule has 2 rings (SSSR count). The van der Waals surface area contributed by atoms with Crippen LogP contribution in [-0.4, -0.2) is 22.5 Å². The number of amides is 1. The van der Waals surface area contributed by atoms with E-state index in [-0.39, 0.29) is 18.3 Å². The molecule has 0 aliphatic carbocycles. The second-order valence-corrected chi connectivity index (χ2v) is 5.48. The Balaban J connectivity index is 2.08. The molecule has 1 unspecified atom stereocenters. The third kappa shape index (κ3) is 2.46. The lowest BCUT2D eigenvalue weighted by molar-refractivity contribution is -0.147. The topological polar surface area (TPSA) is 68.3 Å². The average molecular weight is 254 g/mol. The molecule has 17 heavy (non-hydrogen) atoms. The van der Waals surface area contributed by atoms with Crippen molar-refractivity contribution in [1.29, 1.82) is 0 Å². The molecule has 2 heterocycles. The molecule has 0 aromatic carbocycles. The number of carbonyl (C=O) groups is 2. The fourth-order valence-electron chi connectivity index (χ4n) is 1.83. The van der Waals surface area contributed by atoms with Gasteiger partial charge in [0, 0.05) is 5.38 Å². The van der Waals surface area contributed by atoms with Gasteiger partial charge in [-0.15, -0.1) is 11.3 Å². The summed E-state index contributed by atoms with van der Waals surface area (Å²) in [6.45, 7) is 5.35. The Labute approximate surface area is 103 Å². The summed E-state index contributed by atoms with van der Waals surface area (Å²) in [7, 11) is 0. The molecule has 6 heteroatoms. The molecule has 0 spiro atoms. The summed E-state index contributed by atoms with van der Waals surface area (Å²) >= 11 is 1.37. The van der Waals surface area contributed by atoms with E-state index in [2.05, 4.69) is 10.3 Å². The third-order valence-corrected chi connectivity index (χ3v) is 3.63. The van der Waals surface area contributed by atoms with Gasteiger partial charge in [-0.2, -0.15) is 0 Å². The maximum Gasteiger partial charge on any atom is 0.307 e. The zero-order valence-corrected chi connectivity index (χ0v) is 10.8. The van der Waals surface area contributed by atoms with E-state index >= 15 is 0 Å². The maximum atomic E-state index is 12.0. The first-order valence-electron chi connectivity index (χ1n) is 5.33. The number of nitrogens with zero attached hydrogens (tertiary/aromatic N) is 1. The van der Waals surface area contributed by atoms with Gasteiger partial charge in [0.2, 0.25) is 5.91 Å². The van der Waals surface area contributed by atoms with Crippen molar-refractivity contribution in [2.24, 2.45) is 5.92 Å². The van der Waals surface area contributed by atoms with E-state index in [9.17, 15) is 9.59 Å². The van der Waals surface area contributed by atoms with Gasteiger partial charge in [-0.3, -0.25) is 9.59 Å². The number of rotatable bonds is 2. The zero-order chi connectivity index (χ0) is 12.6. The number of anilines is 1. The van der Waals surface area contributed by atoms with Gasteiger partial charge in [-0.05, 0) is 20.8 Å². The fourth-order valence-corrected chi connectivity index (χ4v) is 2.52. The quantitative estimate of drug-likeness (QED) is 0.816. The van der Waals surface area contributed by atoms with Crippen LogP contribution in [0.2, 0.25) is 0 Å². The highest BCUT2D eigenvalue weighted by atomic mass is 32.1. The molecule has 92 valence electrons. The van der Waals surface area contributed by atoms with Crippen molar-refractivity contribution in [1.82, 2.24) is 4.98 Å². The number of hydrogen-bond acceptors (Lipinski definition) is 5. The fraction of sp³-hybridized carbons (Fsp3) is 0.545. The minimum atomic E-state index is -0.743. The van der Waals surface area contributed by atoms with E-state index in [0.29, 0.717) is 5.13 Å². The number of carbonyl (C=O) groups excluding carboxylic acids is 2. The lowest BCUT2D eigenvalue weighted by atomic mass is 9.90. The van der Waals surface area contributed by atoms with Crippen LogP contribution in [0, 0.1) is 12.8 Å². The predicted octanol–water partition coefficient (Wildman–Crippen LogP) is 1.73. The van der Waals surface area contributed by atoms with Gasteiger partial charge in [-0.25, -0.2) is 4.98 Å². The zero-order valence-electron chi connectivity index (χ0n) is 9.94. The molecule has 1 N–H and O–H groups in total. The highest BCUT2D eigenvalue weighted by molar-refractivity contribution is 7.13. The third-order valence-electron chi connectivity index (χ3n) is 2.75. The van der Waals surface area contributed by atoms with Crippen molar-refractivity contribution in [2.45, 2.75) is 32.8 Å². The highest BCUT2D eigenvalue weighted by Gasteiger charge is 2.46. The van der Waals surface area contributed by atoms with E-state index in [4.69, 9.17) is 4.74 Å². The molecule has 1 amide bonds. The van der Waals surface area contributed by atoms with Crippen LogP contribution in [0.25, 0.3) is 0 Å². The summed E-state index contributed by atoms with van der Waals surface area (Å²) in [5.41, 5.74) is 0.122.